The van der Waals surface area contributed by atoms with Crippen molar-refractivity contribution in [2.45, 2.75) is 112 Å². The average Bonchev–Trinajstić information content (AvgIpc) is 2.86. The highest BCUT2D eigenvalue weighted by atomic mass is 16.8. The van der Waals surface area contributed by atoms with Gasteiger partial charge < -0.3 is 38.8 Å². The summed E-state index contributed by atoms with van der Waals surface area (Å²) in [5.74, 6) is -1.34. The van der Waals surface area contributed by atoms with Crippen molar-refractivity contribution in [2.75, 3.05) is 6.54 Å². The van der Waals surface area contributed by atoms with Crippen molar-refractivity contribution in [2.24, 2.45) is 11.8 Å². The van der Waals surface area contributed by atoms with Crippen LogP contribution in [0.15, 0.2) is 18.2 Å². The molecule has 0 aromatic heterocycles. The van der Waals surface area contributed by atoms with Gasteiger partial charge in [0.15, 0.2) is 11.5 Å². The largest absolute Gasteiger partial charge is 0.514 e. The van der Waals surface area contributed by atoms with Gasteiger partial charge in [-0.15, -0.1) is 0 Å². The Hall–Kier alpha value is -3.54. The van der Waals surface area contributed by atoms with E-state index in [1.165, 1.54) is 18.2 Å². The molecule has 0 aliphatic rings. The fourth-order valence-corrected chi connectivity index (χ4v) is 2.97. The summed E-state index contributed by atoms with van der Waals surface area (Å²) in [6.45, 7) is 18.0. The highest BCUT2D eigenvalue weighted by Gasteiger charge is 2.26. The van der Waals surface area contributed by atoms with Crippen molar-refractivity contribution < 1.29 is 52.7 Å². The van der Waals surface area contributed by atoms with Gasteiger partial charge >= 0.3 is 24.4 Å². The van der Waals surface area contributed by atoms with Crippen molar-refractivity contribution in [3.8, 4) is 11.5 Å². The van der Waals surface area contributed by atoms with Crippen molar-refractivity contribution >= 4 is 24.4 Å². The van der Waals surface area contributed by atoms with Gasteiger partial charge in [-0.3, -0.25) is 4.79 Å². The topological polar surface area (TPSA) is 156 Å². The molecular formula is C30H47NO11. The molecule has 3 unspecified atom stereocenters. The molecule has 12 heteroatoms. The van der Waals surface area contributed by atoms with Crippen LogP contribution in [-0.2, 0) is 30.2 Å². The molecule has 42 heavy (non-hydrogen) atoms. The first-order valence-electron chi connectivity index (χ1n) is 14.2. The summed E-state index contributed by atoms with van der Waals surface area (Å²) in [5.41, 5.74) is -0.241. The van der Waals surface area contributed by atoms with Gasteiger partial charge in [0.1, 0.15) is 30.0 Å². The van der Waals surface area contributed by atoms with Crippen LogP contribution in [0.3, 0.4) is 0 Å². The number of carbonyl (C=O) groups is 4. The number of hydrogen-bond acceptors (Lipinski definition) is 11. The molecule has 2 N–H and O–H groups in total. The lowest BCUT2D eigenvalue weighted by atomic mass is 10.0. The number of ether oxygens (including phenoxy) is 6. The van der Waals surface area contributed by atoms with Gasteiger partial charge in [-0.25, -0.2) is 14.4 Å². The molecule has 0 aliphatic heterocycles. The molecule has 0 saturated heterocycles. The number of carbonyl (C=O) groups excluding carboxylic acids is 3. The summed E-state index contributed by atoms with van der Waals surface area (Å²) < 4.78 is 31.7. The number of nitrogens with one attached hydrogen (secondary N) is 1. The van der Waals surface area contributed by atoms with E-state index >= 15 is 0 Å². The van der Waals surface area contributed by atoms with E-state index in [2.05, 4.69) is 5.32 Å². The predicted molar refractivity (Wildman–Crippen MR) is 154 cm³/mol. The number of carboxylic acids is 1. The summed E-state index contributed by atoms with van der Waals surface area (Å²) in [6, 6.07) is 3.20. The molecule has 1 rings (SSSR count). The van der Waals surface area contributed by atoms with E-state index in [1.54, 1.807) is 34.6 Å². The Kier molecular flexibility index (Phi) is 14.6. The number of hydrogen-bond donors (Lipinski definition) is 2. The van der Waals surface area contributed by atoms with Crippen LogP contribution in [0, 0.1) is 11.8 Å². The standard InChI is InChI=1S/C30H47NO11/c1-11-30(9,10)42-29(36)37-19(6)16-31-23(26(32)33)14-22-12-13-24(40-27(34)38-20(7)17(2)3)25(15-22)41-28(35)39-21(8)18(4)5/h12-13,15,17-21,23,31H,11,14,16H2,1-10H3,(H,32,33)/t19?,20?,21?,23-/m0/s1. The van der Waals surface area contributed by atoms with Gasteiger partial charge in [0, 0.05) is 6.54 Å². The molecule has 0 radical (unpaired) electrons. The third-order valence-corrected chi connectivity index (χ3v) is 6.73. The summed E-state index contributed by atoms with van der Waals surface area (Å²) >= 11 is 0. The lowest BCUT2D eigenvalue weighted by Crippen LogP contribution is -2.43. The maximum Gasteiger partial charge on any atom is 0.514 e. The molecule has 0 aliphatic carbocycles. The van der Waals surface area contributed by atoms with Gasteiger partial charge in [-0.1, -0.05) is 40.7 Å². The Morgan fingerprint density at radius 3 is 1.81 bits per heavy atom. The second-order valence-corrected chi connectivity index (χ2v) is 11.5. The molecule has 0 spiro atoms. The van der Waals surface area contributed by atoms with Gasteiger partial charge in [0.2, 0.25) is 0 Å². The quantitative estimate of drug-likeness (QED) is 0.136. The SMILES string of the molecule is CCC(C)(C)OC(=O)OC(C)CN[C@@H](Cc1ccc(OC(=O)OC(C)C(C)C)c(OC(=O)OC(C)C(C)C)c1)C(=O)O. The zero-order chi connectivity index (χ0) is 32.2. The summed E-state index contributed by atoms with van der Waals surface area (Å²) in [4.78, 5) is 48.9. The highest BCUT2D eigenvalue weighted by molar-refractivity contribution is 5.74. The number of benzene rings is 1. The van der Waals surface area contributed by atoms with Gasteiger partial charge in [0.05, 0.1) is 0 Å². The predicted octanol–water partition coefficient (Wildman–Crippen LogP) is 6.12. The molecule has 4 atom stereocenters. The Morgan fingerprint density at radius 1 is 0.810 bits per heavy atom. The van der Waals surface area contributed by atoms with Crippen LogP contribution in [0.4, 0.5) is 14.4 Å². The summed E-state index contributed by atoms with van der Waals surface area (Å²) in [6.07, 6.45) is -3.85. The minimum Gasteiger partial charge on any atom is -0.480 e. The molecular weight excluding hydrogens is 550 g/mol. The minimum atomic E-state index is -1.16. The average molecular weight is 598 g/mol. The summed E-state index contributed by atoms with van der Waals surface area (Å²) in [5, 5.41) is 12.7. The third-order valence-electron chi connectivity index (χ3n) is 6.73. The maximum atomic E-state index is 12.5. The van der Waals surface area contributed by atoms with Crippen LogP contribution in [0.25, 0.3) is 0 Å². The first kappa shape index (κ1) is 36.5. The molecule has 1 aromatic rings. The monoisotopic (exact) mass is 597 g/mol. The van der Waals surface area contributed by atoms with E-state index in [4.69, 9.17) is 28.4 Å². The third kappa shape index (κ3) is 13.4. The van der Waals surface area contributed by atoms with E-state index in [0.717, 1.165) is 0 Å². The first-order valence-corrected chi connectivity index (χ1v) is 14.2. The summed E-state index contributed by atoms with van der Waals surface area (Å²) in [7, 11) is 0. The van der Waals surface area contributed by atoms with E-state index in [9.17, 15) is 24.3 Å². The Labute approximate surface area is 248 Å². The van der Waals surface area contributed by atoms with Crippen molar-refractivity contribution in [3.05, 3.63) is 23.8 Å². The zero-order valence-electron chi connectivity index (χ0n) is 26.3. The van der Waals surface area contributed by atoms with Crippen LogP contribution >= 0.6 is 0 Å². The van der Waals surface area contributed by atoms with E-state index in [-0.39, 0.29) is 36.3 Å². The Bertz CT molecular complexity index is 1050. The molecule has 0 heterocycles. The van der Waals surface area contributed by atoms with Gasteiger partial charge in [-0.2, -0.15) is 0 Å². The lowest BCUT2D eigenvalue weighted by Gasteiger charge is -2.24. The second kappa shape index (κ2) is 16.8. The normalized spacial score (nSPS) is 14.4. The van der Waals surface area contributed by atoms with Crippen LogP contribution in [0.1, 0.15) is 81.2 Å². The van der Waals surface area contributed by atoms with Crippen molar-refractivity contribution in [1.82, 2.24) is 5.32 Å². The first-order chi connectivity index (χ1) is 19.4. The zero-order valence-corrected chi connectivity index (χ0v) is 26.3. The number of aliphatic carboxylic acids is 1. The van der Waals surface area contributed by atoms with Crippen LogP contribution in [0.2, 0.25) is 0 Å². The van der Waals surface area contributed by atoms with Gasteiger partial charge in [-0.05, 0) is 77.0 Å². The number of rotatable bonds is 15. The van der Waals surface area contributed by atoms with E-state index in [1.807, 2.05) is 34.6 Å². The minimum absolute atomic E-state index is 0.0286. The molecule has 12 nitrogen and oxygen atoms in total. The van der Waals surface area contributed by atoms with E-state index < -0.39 is 54.4 Å². The maximum absolute atomic E-state index is 12.5. The molecule has 238 valence electrons. The Morgan fingerprint density at radius 2 is 1.33 bits per heavy atom. The van der Waals surface area contributed by atoms with Crippen molar-refractivity contribution in [3.63, 3.8) is 0 Å². The molecule has 1 aromatic carbocycles. The van der Waals surface area contributed by atoms with Crippen LogP contribution < -0.4 is 14.8 Å². The Balaban J connectivity index is 3.05. The highest BCUT2D eigenvalue weighted by Crippen LogP contribution is 2.30. The smallest absolute Gasteiger partial charge is 0.480 e. The van der Waals surface area contributed by atoms with Crippen LogP contribution in [0.5, 0.6) is 11.5 Å². The molecule has 0 fully saturated rings. The second-order valence-electron chi connectivity index (χ2n) is 11.5. The lowest BCUT2D eigenvalue weighted by molar-refractivity contribution is -0.139. The van der Waals surface area contributed by atoms with Gasteiger partial charge in [0.25, 0.3) is 0 Å². The fourth-order valence-electron chi connectivity index (χ4n) is 2.97. The molecule has 0 amide bonds. The fraction of sp³-hybridized carbons (Fsp3) is 0.667. The van der Waals surface area contributed by atoms with Crippen molar-refractivity contribution in [1.29, 1.82) is 0 Å². The van der Waals surface area contributed by atoms with Crippen LogP contribution in [-0.4, -0.2) is 66.0 Å². The van der Waals surface area contributed by atoms with E-state index in [0.29, 0.717) is 12.0 Å². The molecule has 0 saturated carbocycles. The number of carboxylic acid groups (broad SMARTS) is 1. The molecule has 0 bridgehead atoms.